The minimum atomic E-state index is 0.0659. The van der Waals surface area contributed by atoms with E-state index in [0.717, 1.165) is 12.0 Å². The molecule has 18 heavy (non-hydrogen) atoms. The molecule has 0 aliphatic carbocycles. The first-order valence-electron chi connectivity index (χ1n) is 6.24. The van der Waals surface area contributed by atoms with Crippen LogP contribution in [0.5, 0.6) is 5.75 Å². The van der Waals surface area contributed by atoms with Gasteiger partial charge in [0.1, 0.15) is 5.75 Å². The molecular formula is C14H20ClNO2. The number of ether oxygens (including phenoxy) is 1. The maximum atomic E-state index is 11.3. The van der Waals surface area contributed by atoms with Crippen molar-refractivity contribution in [3.8, 4) is 5.75 Å². The van der Waals surface area contributed by atoms with Crippen LogP contribution >= 0.6 is 11.6 Å². The summed E-state index contributed by atoms with van der Waals surface area (Å²) in [6.07, 6.45) is 1.51. The third-order valence-electron chi connectivity index (χ3n) is 2.33. The summed E-state index contributed by atoms with van der Waals surface area (Å²) < 4.78 is 5.54. The lowest BCUT2D eigenvalue weighted by atomic mass is 10.2. The third-order valence-corrected chi connectivity index (χ3v) is 2.62. The van der Waals surface area contributed by atoms with Crippen LogP contribution in [-0.4, -0.2) is 12.0 Å². The summed E-state index contributed by atoms with van der Waals surface area (Å²) in [5.41, 5.74) is 0.973. The van der Waals surface area contributed by atoms with Crippen LogP contribution in [0, 0.1) is 0 Å². The van der Waals surface area contributed by atoms with Gasteiger partial charge in [0.05, 0.1) is 11.1 Å². The number of nitrogens with one attached hydrogen (secondary N) is 1. The van der Waals surface area contributed by atoms with Gasteiger partial charge in [-0.05, 0) is 38.0 Å². The summed E-state index contributed by atoms with van der Waals surface area (Å²) in [7, 11) is 0. The number of benzene rings is 1. The highest BCUT2D eigenvalue weighted by Gasteiger charge is 2.06. The highest BCUT2D eigenvalue weighted by Crippen LogP contribution is 2.26. The molecule has 0 saturated carbocycles. The third kappa shape index (κ3) is 4.96. The first kappa shape index (κ1) is 14.8. The predicted octanol–water partition coefficient (Wildman–Crippen LogP) is 3.54. The zero-order chi connectivity index (χ0) is 13.5. The van der Waals surface area contributed by atoms with E-state index in [-0.39, 0.29) is 12.0 Å². The second-order valence-corrected chi connectivity index (χ2v) is 4.87. The number of hydrogen-bond donors (Lipinski definition) is 1. The Hall–Kier alpha value is -1.22. The van der Waals surface area contributed by atoms with E-state index in [1.807, 2.05) is 39.0 Å². The van der Waals surface area contributed by atoms with Crippen molar-refractivity contribution in [3.63, 3.8) is 0 Å². The van der Waals surface area contributed by atoms with Crippen LogP contribution in [0.25, 0.3) is 0 Å². The lowest BCUT2D eigenvalue weighted by Crippen LogP contribution is -2.22. The van der Waals surface area contributed by atoms with E-state index >= 15 is 0 Å². The number of amides is 1. The van der Waals surface area contributed by atoms with Gasteiger partial charge in [0.25, 0.3) is 0 Å². The topological polar surface area (TPSA) is 38.3 Å². The Kier molecular flexibility index (Phi) is 5.99. The van der Waals surface area contributed by atoms with Crippen molar-refractivity contribution >= 4 is 17.5 Å². The van der Waals surface area contributed by atoms with E-state index in [4.69, 9.17) is 16.3 Å². The number of rotatable bonds is 6. The number of halogens is 1. The standard InChI is InChI=1S/C14H20ClNO2/c1-4-5-14(17)16-9-11-6-7-13(12(15)8-11)18-10(2)3/h6-8,10H,4-5,9H2,1-3H3,(H,16,17). The van der Waals surface area contributed by atoms with Crippen LogP contribution in [0.4, 0.5) is 0 Å². The molecule has 0 atom stereocenters. The van der Waals surface area contributed by atoms with Gasteiger partial charge in [0.2, 0.25) is 5.91 Å². The Balaban J connectivity index is 2.58. The SMILES string of the molecule is CCCC(=O)NCc1ccc(OC(C)C)c(Cl)c1. The lowest BCUT2D eigenvalue weighted by molar-refractivity contribution is -0.121. The molecule has 0 unspecified atom stereocenters. The molecule has 1 aromatic rings. The summed E-state index contributed by atoms with van der Waals surface area (Å²) in [6, 6.07) is 5.57. The average molecular weight is 270 g/mol. The smallest absolute Gasteiger partial charge is 0.220 e. The molecule has 0 saturated heterocycles. The molecule has 1 aromatic carbocycles. The molecule has 1 rings (SSSR count). The van der Waals surface area contributed by atoms with Crippen LogP contribution in [0.2, 0.25) is 5.02 Å². The molecule has 1 amide bonds. The fraction of sp³-hybridized carbons (Fsp3) is 0.500. The average Bonchev–Trinajstić information content (AvgIpc) is 2.29. The molecule has 1 N–H and O–H groups in total. The summed E-state index contributed by atoms with van der Waals surface area (Å²) in [4.78, 5) is 11.3. The Bertz CT molecular complexity index is 405. The number of carbonyl (C=O) groups excluding carboxylic acids is 1. The van der Waals surface area contributed by atoms with Crippen molar-refractivity contribution < 1.29 is 9.53 Å². The second-order valence-electron chi connectivity index (χ2n) is 4.46. The van der Waals surface area contributed by atoms with E-state index in [2.05, 4.69) is 5.32 Å². The Morgan fingerprint density at radius 2 is 2.17 bits per heavy atom. The minimum absolute atomic E-state index is 0.0659. The molecule has 0 spiro atoms. The van der Waals surface area contributed by atoms with Gasteiger partial charge in [-0.3, -0.25) is 4.79 Å². The van der Waals surface area contributed by atoms with E-state index in [0.29, 0.717) is 23.7 Å². The Morgan fingerprint density at radius 1 is 1.44 bits per heavy atom. The first-order chi connectivity index (χ1) is 8.52. The molecule has 0 radical (unpaired) electrons. The molecular weight excluding hydrogens is 250 g/mol. The molecule has 4 heteroatoms. The van der Waals surface area contributed by atoms with E-state index in [9.17, 15) is 4.79 Å². The molecule has 0 fully saturated rings. The van der Waals surface area contributed by atoms with Crippen molar-refractivity contribution in [2.45, 2.75) is 46.3 Å². The van der Waals surface area contributed by atoms with Crippen molar-refractivity contribution in [1.82, 2.24) is 5.32 Å². The second kappa shape index (κ2) is 7.27. The van der Waals surface area contributed by atoms with Crippen molar-refractivity contribution in [2.75, 3.05) is 0 Å². The van der Waals surface area contributed by atoms with Gasteiger partial charge in [-0.25, -0.2) is 0 Å². The molecule has 0 heterocycles. The van der Waals surface area contributed by atoms with Gasteiger partial charge in [-0.1, -0.05) is 24.6 Å². The van der Waals surface area contributed by atoms with Crippen molar-refractivity contribution in [2.24, 2.45) is 0 Å². The molecule has 0 aliphatic rings. The highest BCUT2D eigenvalue weighted by atomic mass is 35.5. The summed E-state index contributed by atoms with van der Waals surface area (Å²) in [6.45, 7) is 6.39. The largest absolute Gasteiger partial charge is 0.489 e. The molecule has 0 aliphatic heterocycles. The van der Waals surface area contributed by atoms with Gasteiger partial charge in [-0.2, -0.15) is 0 Å². The Morgan fingerprint density at radius 3 is 2.72 bits per heavy atom. The molecule has 100 valence electrons. The van der Waals surface area contributed by atoms with Crippen molar-refractivity contribution in [1.29, 1.82) is 0 Å². The van der Waals surface area contributed by atoms with Crippen molar-refractivity contribution in [3.05, 3.63) is 28.8 Å². The quantitative estimate of drug-likeness (QED) is 0.858. The maximum Gasteiger partial charge on any atom is 0.220 e. The summed E-state index contributed by atoms with van der Waals surface area (Å²) in [5.74, 6) is 0.742. The first-order valence-corrected chi connectivity index (χ1v) is 6.62. The van der Waals surface area contributed by atoms with Gasteiger partial charge >= 0.3 is 0 Å². The van der Waals surface area contributed by atoms with E-state index in [1.54, 1.807) is 0 Å². The normalized spacial score (nSPS) is 10.5. The predicted molar refractivity (Wildman–Crippen MR) is 74.0 cm³/mol. The number of hydrogen-bond acceptors (Lipinski definition) is 2. The highest BCUT2D eigenvalue weighted by molar-refractivity contribution is 6.32. The summed E-state index contributed by atoms with van der Waals surface area (Å²) in [5, 5.41) is 3.42. The zero-order valence-electron chi connectivity index (χ0n) is 11.1. The fourth-order valence-electron chi connectivity index (χ4n) is 1.52. The fourth-order valence-corrected chi connectivity index (χ4v) is 1.77. The van der Waals surface area contributed by atoms with Crippen LogP contribution < -0.4 is 10.1 Å². The van der Waals surface area contributed by atoms with Crippen LogP contribution in [0.3, 0.4) is 0 Å². The monoisotopic (exact) mass is 269 g/mol. The maximum absolute atomic E-state index is 11.3. The van der Waals surface area contributed by atoms with Gasteiger partial charge in [0, 0.05) is 13.0 Å². The van der Waals surface area contributed by atoms with Gasteiger partial charge in [-0.15, -0.1) is 0 Å². The van der Waals surface area contributed by atoms with Gasteiger partial charge in [0.15, 0.2) is 0 Å². The van der Waals surface area contributed by atoms with E-state index in [1.165, 1.54) is 0 Å². The van der Waals surface area contributed by atoms with Crippen LogP contribution in [0.1, 0.15) is 39.2 Å². The lowest BCUT2D eigenvalue weighted by Gasteiger charge is -2.12. The molecule has 0 aromatic heterocycles. The van der Waals surface area contributed by atoms with Crippen LogP contribution in [-0.2, 0) is 11.3 Å². The molecule has 3 nitrogen and oxygen atoms in total. The summed E-state index contributed by atoms with van der Waals surface area (Å²) >= 11 is 6.11. The minimum Gasteiger partial charge on any atom is -0.489 e. The van der Waals surface area contributed by atoms with Crippen LogP contribution in [0.15, 0.2) is 18.2 Å². The zero-order valence-corrected chi connectivity index (χ0v) is 11.9. The Labute approximate surface area is 113 Å². The number of carbonyl (C=O) groups is 1. The molecule has 0 bridgehead atoms. The van der Waals surface area contributed by atoms with Gasteiger partial charge < -0.3 is 10.1 Å². The van der Waals surface area contributed by atoms with E-state index < -0.39 is 0 Å².